The van der Waals surface area contributed by atoms with Crippen molar-refractivity contribution in [3.05, 3.63) is 34.1 Å². The van der Waals surface area contributed by atoms with E-state index in [0.717, 1.165) is 25.7 Å². The van der Waals surface area contributed by atoms with Crippen LogP contribution in [0.2, 0.25) is 0 Å². The summed E-state index contributed by atoms with van der Waals surface area (Å²) in [6, 6.07) is 4.21. The number of nitro benzene ring substituents is 1. The molecule has 0 saturated carbocycles. The van der Waals surface area contributed by atoms with Gasteiger partial charge in [-0.1, -0.05) is 19.9 Å². The fraction of sp³-hybridized carbons (Fsp3) is 0.500. The smallest absolute Gasteiger partial charge is 0.303 e. The van der Waals surface area contributed by atoms with E-state index in [2.05, 4.69) is 18.7 Å². The highest BCUT2D eigenvalue weighted by atomic mass is 32.2. The minimum absolute atomic E-state index is 0.396. The molecule has 18 heavy (non-hydrogen) atoms. The minimum atomic E-state index is -0.771. The number of halogens is 1. The molecule has 0 aromatic heterocycles. The van der Waals surface area contributed by atoms with Crippen LogP contribution in [0.4, 0.5) is 10.1 Å². The first-order chi connectivity index (χ1) is 8.60. The van der Waals surface area contributed by atoms with Gasteiger partial charge in [0, 0.05) is 12.3 Å². The molecular weight excluding hydrogens is 255 g/mol. The van der Waals surface area contributed by atoms with Crippen molar-refractivity contribution in [1.29, 1.82) is 0 Å². The molecule has 0 aliphatic carbocycles. The van der Waals surface area contributed by atoms with E-state index in [0.29, 0.717) is 10.6 Å². The fourth-order valence-corrected chi connectivity index (χ4v) is 2.67. The average Bonchev–Trinajstić information content (AvgIpc) is 2.34. The van der Waals surface area contributed by atoms with Crippen LogP contribution in [0.1, 0.15) is 13.8 Å². The molecule has 100 valence electrons. The summed E-state index contributed by atoms with van der Waals surface area (Å²) >= 11 is 1.33. The van der Waals surface area contributed by atoms with Crippen molar-refractivity contribution in [2.75, 3.05) is 25.4 Å². The van der Waals surface area contributed by atoms with Crippen molar-refractivity contribution in [3.8, 4) is 0 Å². The van der Waals surface area contributed by atoms with Crippen LogP contribution in [-0.2, 0) is 0 Å². The zero-order valence-corrected chi connectivity index (χ0v) is 11.4. The summed E-state index contributed by atoms with van der Waals surface area (Å²) < 4.78 is 13.4. The summed E-state index contributed by atoms with van der Waals surface area (Å²) in [6.45, 7) is 6.87. The summed E-state index contributed by atoms with van der Waals surface area (Å²) in [5.41, 5.74) is -0.415. The van der Waals surface area contributed by atoms with Crippen LogP contribution in [-0.4, -0.2) is 35.2 Å². The van der Waals surface area contributed by atoms with Crippen molar-refractivity contribution >= 4 is 17.4 Å². The predicted octanol–water partition coefficient (Wildman–Crippen LogP) is 3.17. The van der Waals surface area contributed by atoms with Crippen molar-refractivity contribution in [2.24, 2.45) is 0 Å². The van der Waals surface area contributed by atoms with Crippen LogP contribution in [0.25, 0.3) is 0 Å². The molecule has 0 unspecified atom stereocenters. The lowest BCUT2D eigenvalue weighted by atomic mass is 10.3. The van der Waals surface area contributed by atoms with Gasteiger partial charge in [-0.2, -0.15) is 4.39 Å². The topological polar surface area (TPSA) is 46.4 Å². The number of nitro groups is 1. The van der Waals surface area contributed by atoms with Gasteiger partial charge in [-0.15, -0.1) is 11.8 Å². The predicted molar refractivity (Wildman–Crippen MR) is 71.6 cm³/mol. The molecule has 4 nitrogen and oxygen atoms in total. The van der Waals surface area contributed by atoms with Crippen LogP contribution < -0.4 is 0 Å². The molecule has 0 radical (unpaired) electrons. The van der Waals surface area contributed by atoms with Gasteiger partial charge in [0.25, 0.3) is 0 Å². The van der Waals surface area contributed by atoms with Crippen LogP contribution >= 0.6 is 11.8 Å². The molecule has 1 aromatic rings. The number of benzene rings is 1. The number of hydrogen-bond acceptors (Lipinski definition) is 4. The zero-order valence-electron chi connectivity index (χ0n) is 10.6. The molecule has 1 aromatic carbocycles. The number of para-hydroxylation sites is 1. The van der Waals surface area contributed by atoms with E-state index >= 15 is 0 Å². The quantitative estimate of drug-likeness (QED) is 0.434. The number of thioether (sulfide) groups is 1. The molecule has 0 bridgehead atoms. The first-order valence-electron chi connectivity index (χ1n) is 5.88. The molecule has 0 aliphatic rings. The first-order valence-corrected chi connectivity index (χ1v) is 6.86. The molecule has 0 spiro atoms. The normalized spacial score (nSPS) is 10.9. The maximum atomic E-state index is 13.4. The third-order valence-corrected chi connectivity index (χ3v) is 3.72. The maximum absolute atomic E-state index is 13.4. The highest BCUT2D eigenvalue weighted by Gasteiger charge is 2.19. The van der Waals surface area contributed by atoms with E-state index in [9.17, 15) is 14.5 Å². The van der Waals surface area contributed by atoms with Gasteiger partial charge >= 0.3 is 5.69 Å². The second-order valence-corrected chi connectivity index (χ2v) is 4.86. The van der Waals surface area contributed by atoms with E-state index in [1.54, 1.807) is 6.07 Å². The molecule has 6 heteroatoms. The Morgan fingerprint density at radius 1 is 1.39 bits per heavy atom. The summed E-state index contributed by atoms with van der Waals surface area (Å²) in [7, 11) is 0. The summed E-state index contributed by atoms with van der Waals surface area (Å²) in [4.78, 5) is 12.8. The van der Waals surface area contributed by atoms with Gasteiger partial charge in [0.2, 0.25) is 5.82 Å². The Morgan fingerprint density at radius 3 is 2.61 bits per heavy atom. The Labute approximate surface area is 110 Å². The molecule has 0 amide bonds. The fourth-order valence-electron chi connectivity index (χ4n) is 1.61. The van der Waals surface area contributed by atoms with E-state index in [4.69, 9.17) is 0 Å². The molecule has 0 aliphatic heterocycles. The number of rotatable bonds is 7. The largest absolute Gasteiger partial charge is 0.318 e. The van der Waals surface area contributed by atoms with Gasteiger partial charge in [0.05, 0.1) is 9.82 Å². The van der Waals surface area contributed by atoms with E-state index in [1.807, 2.05) is 0 Å². The number of nitrogens with zero attached hydrogens (tertiary/aromatic N) is 2. The Balaban J connectivity index is 2.67. The third-order valence-electron chi connectivity index (χ3n) is 2.69. The SMILES string of the molecule is CCN(CC)CCSc1cccc(F)c1[N+](=O)[O-]. The molecule has 0 saturated heterocycles. The zero-order chi connectivity index (χ0) is 13.5. The lowest BCUT2D eigenvalue weighted by molar-refractivity contribution is -0.390. The molecule has 0 heterocycles. The maximum Gasteiger partial charge on any atom is 0.318 e. The van der Waals surface area contributed by atoms with Crippen LogP contribution in [0, 0.1) is 15.9 Å². The van der Waals surface area contributed by atoms with Crippen LogP contribution in [0.5, 0.6) is 0 Å². The van der Waals surface area contributed by atoms with Gasteiger partial charge in [0.1, 0.15) is 0 Å². The molecule has 0 atom stereocenters. The van der Waals surface area contributed by atoms with E-state index in [-0.39, 0.29) is 0 Å². The highest BCUT2D eigenvalue weighted by molar-refractivity contribution is 7.99. The van der Waals surface area contributed by atoms with Crippen molar-refractivity contribution in [2.45, 2.75) is 18.7 Å². The molecule has 1 rings (SSSR count). The first kappa shape index (κ1) is 14.9. The van der Waals surface area contributed by atoms with E-state index < -0.39 is 16.4 Å². The summed E-state index contributed by atoms with van der Waals surface area (Å²) in [6.07, 6.45) is 0. The Hall–Kier alpha value is -1.14. The van der Waals surface area contributed by atoms with Crippen molar-refractivity contribution in [3.63, 3.8) is 0 Å². The Kier molecular flexibility index (Phi) is 6.07. The lowest BCUT2D eigenvalue weighted by Gasteiger charge is -2.17. The minimum Gasteiger partial charge on any atom is -0.303 e. The van der Waals surface area contributed by atoms with E-state index in [1.165, 1.54) is 17.8 Å². The van der Waals surface area contributed by atoms with Gasteiger partial charge in [-0.05, 0) is 25.2 Å². The highest BCUT2D eigenvalue weighted by Crippen LogP contribution is 2.31. The molecular formula is C12H17FN2O2S. The van der Waals surface area contributed by atoms with Gasteiger partial charge in [-0.3, -0.25) is 10.1 Å². The number of hydrogen-bond donors (Lipinski definition) is 0. The van der Waals surface area contributed by atoms with Crippen molar-refractivity contribution in [1.82, 2.24) is 4.90 Å². The summed E-state index contributed by atoms with van der Waals surface area (Å²) in [5, 5.41) is 10.8. The Bertz CT molecular complexity index is 411. The second kappa shape index (κ2) is 7.33. The molecule has 0 N–H and O–H groups in total. The second-order valence-electron chi connectivity index (χ2n) is 3.72. The molecule has 0 fully saturated rings. The lowest BCUT2D eigenvalue weighted by Crippen LogP contribution is -2.25. The van der Waals surface area contributed by atoms with Crippen LogP contribution in [0.15, 0.2) is 23.1 Å². The standard InChI is InChI=1S/C12H17FN2O2S/c1-3-14(4-2)8-9-18-11-7-5-6-10(13)12(11)15(16)17/h5-7H,3-4,8-9H2,1-2H3. The average molecular weight is 272 g/mol. The third kappa shape index (κ3) is 3.96. The van der Waals surface area contributed by atoms with Gasteiger partial charge in [-0.25, -0.2) is 0 Å². The monoisotopic (exact) mass is 272 g/mol. The van der Waals surface area contributed by atoms with Crippen LogP contribution in [0.3, 0.4) is 0 Å². The Morgan fingerprint density at radius 2 is 2.06 bits per heavy atom. The van der Waals surface area contributed by atoms with Gasteiger partial charge < -0.3 is 4.90 Å². The van der Waals surface area contributed by atoms with Gasteiger partial charge in [0.15, 0.2) is 0 Å². The summed E-state index contributed by atoms with van der Waals surface area (Å²) in [5.74, 6) is -0.0563. The van der Waals surface area contributed by atoms with Crippen molar-refractivity contribution < 1.29 is 9.31 Å².